The van der Waals surface area contributed by atoms with Gasteiger partial charge in [-0.1, -0.05) is 18.2 Å². The molecule has 3 N–H and O–H groups in total. The van der Waals surface area contributed by atoms with Crippen LogP contribution in [0.5, 0.6) is 11.5 Å². The Balaban J connectivity index is 2.51. The quantitative estimate of drug-likeness (QED) is 0.658. The maximum absolute atomic E-state index is 11.2. The van der Waals surface area contributed by atoms with Crippen molar-refractivity contribution in [3.05, 3.63) is 48.0 Å². The molecule has 2 rings (SSSR count). The molecular weight excluding hydrogens is 282 g/mol. The van der Waals surface area contributed by atoms with E-state index in [9.17, 15) is 13.6 Å². The van der Waals surface area contributed by atoms with Crippen molar-refractivity contribution < 1.29 is 23.4 Å². The molecular formula is C13H10NO5S-. The monoisotopic (exact) mass is 292 g/mol. The van der Waals surface area contributed by atoms with Gasteiger partial charge in [0.05, 0.1) is 16.1 Å². The molecule has 0 aliphatic rings. The van der Waals surface area contributed by atoms with Gasteiger partial charge in [-0.15, -0.1) is 0 Å². The Bertz CT molecular complexity index is 672. The summed E-state index contributed by atoms with van der Waals surface area (Å²) < 4.78 is 27.8. The summed E-state index contributed by atoms with van der Waals surface area (Å²) in [6.45, 7) is 0. The van der Waals surface area contributed by atoms with E-state index in [1.807, 2.05) is 0 Å². The topological polar surface area (TPSA) is 113 Å². The van der Waals surface area contributed by atoms with Crippen molar-refractivity contribution in [2.24, 2.45) is 0 Å². The van der Waals surface area contributed by atoms with Gasteiger partial charge in [0.2, 0.25) is 0 Å². The molecule has 2 aromatic carbocycles. The second-order valence-electron chi connectivity index (χ2n) is 3.85. The maximum Gasteiger partial charge on any atom is 0.335 e. The van der Waals surface area contributed by atoms with E-state index in [4.69, 9.17) is 15.6 Å². The van der Waals surface area contributed by atoms with Crippen LogP contribution in [0.2, 0.25) is 0 Å². The lowest BCUT2D eigenvalue weighted by Gasteiger charge is -2.16. The average Bonchev–Trinajstić information content (AvgIpc) is 2.41. The highest BCUT2D eigenvalue weighted by atomic mass is 32.2. The standard InChI is InChI=1S/C13H11NO5S/c14-10-6-8(13(15)16)7-11(20(17)18)12(10)19-9-4-2-1-3-5-9/h1-7H,14H2,(H,15,16)(H,17,18)/p-1. The molecule has 104 valence electrons. The number of ether oxygens (including phenoxy) is 1. The molecule has 0 bridgehead atoms. The highest BCUT2D eigenvalue weighted by molar-refractivity contribution is 7.79. The number of carbonyl (C=O) groups is 1. The number of carboxylic acid groups (broad SMARTS) is 1. The fourth-order valence-corrected chi connectivity index (χ4v) is 2.12. The number of anilines is 1. The number of nitrogen functional groups attached to an aromatic ring is 1. The highest BCUT2D eigenvalue weighted by Gasteiger charge is 2.15. The zero-order valence-corrected chi connectivity index (χ0v) is 10.9. The molecule has 20 heavy (non-hydrogen) atoms. The summed E-state index contributed by atoms with van der Waals surface area (Å²) in [7, 11) is 0. The SMILES string of the molecule is Nc1cc(C(=O)O)cc(S(=O)[O-])c1Oc1ccccc1. The van der Waals surface area contributed by atoms with Crippen LogP contribution < -0.4 is 10.5 Å². The summed E-state index contributed by atoms with van der Waals surface area (Å²) in [5.41, 5.74) is 5.40. The zero-order valence-electron chi connectivity index (χ0n) is 10.1. The van der Waals surface area contributed by atoms with E-state index in [1.54, 1.807) is 30.3 Å². The smallest absolute Gasteiger partial charge is 0.335 e. The van der Waals surface area contributed by atoms with E-state index < -0.39 is 17.0 Å². The second kappa shape index (κ2) is 5.72. The minimum Gasteiger partial charge on any atom is -0.768 e. The number of hydrogen-bond donors (Lipinski definition) is 2. The van der Waals surface area contributed by atoms with Crippen LogP contribution in [-0.4, -0.2) is 19.8 Å². The third-order valence-corrected chi connectivity index (χ3v) is 3.14. The predicted molar refractivity (Wildman–Crippen MR) is 71.5 cm³/mol. The van der Waals surface area contributed by atoms with Gasteiger partial charge in [-0.2, -0.15) is 0 Å². The van der Waals surface area contributed by atoms with Crippen molar-refractivity contribution in [1.82, 2.24) is 0 Å². The maximum atomic E-state index is 11.2. The molecule has 0 aliphatic heterocycles. The number of rotatable bonds is 4. The summed E-state index contributed by atoms with van der Waals surface area (Å²) in [4.78, 5) is 10.6. The van der Waals surface area contributed by atoms with E-state index in [2.05, 4.69) is 0 Å². The van der Waals surface area contributed by atoms with Crippen LogP contribution >= 0.6 is 0 Å². The van der Waals surface area contributed by atoms with Gasteiger partial charge in [0.15, 0.2) is 5.75 Å². The lowest BCUT2D eigenvalue weighted by atomic mass is 10.2. The first kappa shape index (κ1) is 14.0. The van der Waals surface area contributed by atoms with E-state index in [0.717, 1.165) is 12.1 Å². The second-order valence-corrected chi connectivity index (χ2v) is 4.76. The minimum absolute atomic E-state index is 0.0621. The highest BCUT2D eigenvalue weighted by Crippen LogP contribution is 2.34. The number of aromatic carboxylic acids is 1. The largest absolute Gasteiger partial charge is 0.768 e. The lowest BCUT2D eigenvalue weighted by Crippen LogP contribution is -2.04. The molecule has 0 amide bonds. The summed E-state index contributed by atoms with van der Waals surface area (Å²) in [6.07, 6.45) is 0. The van der Waals surface area contributed by atoms with E-state index >= 15 is 0 Å². The molecule has 0 aromatic heterocycles. The molecule has 7 heteroatoms. The normalized spacial score (nSPS) is 11.8. The summed E-state index contributed by atoms with van der Waals surface area (Å²) in [6, 6.07) is 10.6. The Morgan fingerprint density at radius 2 is 1.90 bits per heavy atom. The Kier molecular flexibility index (Phi) is 4.02. The van der Waals surface area contributed by atoms with Gasteiger partial charge in [-0.3, -0.25) is 4.21 Å². The van der Waals surface area contributed by atoms with Crippen LogP contribution in [-0.2, 0) is 11.1 Å². The van der Waals surface area contributed by atoms with Crippen LogP contribution in [0, 0.1) is 0 Å². The molecule has 6 nitrogen and oxygen atoms in total. The van der Waals surface area contributed by atoms with Crippen molar-refractivity contribution in [3.8, 4) is 11.5 Å². The van der Waals surface area contributed by atoms with Gasteiger partial charge in [-0.05, 0) is 35.3 Å². The molecule has 1 atom stereocenters. The van der Waals surface area contributed by atoms with Crippen molar-refractivity contribution in [2.75, 3.05) is 5.73 Å². The molecule has 0 radical (unpaired) electrons. The summed E-state index contributed by atoms with van der Waals surface area (Å²) in [5, 5.41) is 8.90. The number of nitrogens with two attached hydrogens (primary N) is 1. The third-order valence-electron chi connectivity index (χ3n) is 2.47. The van der Waals surface area contributed by atoms with Gasteiger partial charge in [0.25, 0.3) is 0 Å². The zero-order chi connectivity index (χ0) is 14.7. The van der Waals surface area contributed by atoms with Gasteiger partial charge in [-0.25, -0.2) is 4.79 Å². The van der Waals surface area contributed by atoms with Crippen molar-refractivity contribution in [3.63, 3.8) is 0 Å². The van der Waals surface area contributed by atoms with Crippen LogP contribution in [0.3, 0.4) is 0 Å². The van der Waals surface area contributed by atoms with Gasteiger partial charge >= 0.3 is 5.97 Å². The summed E-state index contributed by atoms with van der Waals surface area (Å²) in [5.74, 6) is -0.960. The molecule has 2 aromatic rings. The molecule has 1 unspecified atom stereocenters. The van der Waals surface area contributed by atoms with E-state index in [1.165, 1.54) is 0 Å². The molecule has 0 heterocycles. The number of carboxylic acids is 1. The Morgan fingerprint density at radius 1 is 1.25 bits per heavy atom. The minimum atomic E-state index is -2.67. The first-order chi connectivity index (χ1) is 9.49. The van der Waals surface area contributed by atoms with E-state index in [0.29, 0.717) is 5.75 Å². The van der Waals surface area contributed by atoms with Crippen molar-refractivity contribution >= 4 is 22.7 Å². The first-order valence-corrected chi connectivity index (χ1v) is 6.55. The molecule has 0 saturated carbocycles. The fraction of sp³-hybridized carbons (Fsp3) is 0. The van der Waals surface area contributed by atoms with Crippen LogP contribution in [0.1, 0.15) is 10.4 Å². The number of hydrogen-bond acceptors (Lipinski definition) is 5. The lowest BCUT2D eigenvalue weighted by molar-refractivity contribution is 0.0696. The average molecular weight is 292 g/mol. The Labute approximate surface area is 117 Å². The molecule has 0 saturated heterocycles. The summed E-state index contributed by atoms with van der Waals surface area (Å²) >= 11 is -2.67. The fourth-order valence-electron chi connectivity index (χ4n) is 1.59. The Hall–Kier alpha value is -2.38. The third kappa shape index (κ3) is 2.95. The van der Waals surface area contributed by atoms with Crippen LogP contribution in [0.4, 0.5) is 5.69 Å². The van der Waals surface area contributed by atoms with E-state index in [-0.39, 0.29) is 21.9 Å². The van der Waals surface area contributed by atoms with Crippen LogP contribution in [0.25, 0.3) is 0 Å². The van der Waals surface area contributed by atoms with Crippen LogP contribution in [0.15, 0.2) is 47.4 Å². The van der Waals surface area contributed by atoms with Crippen molar-refractivity contribution in [2.45, 2.75) is 4.90 Å². The number of benzene rings is 2. The Morgan fingerprint density at radius 3 is 2.45 bits per heavy atom. The number of para-hydroxylation sites is 1. The van der Waals surface area contributed by atoms with Crippen molar-refractivity contribution in [1.29, 1.82) is 0 Å². The van der Waals surface area contributed by atoms with Gasteiger partial charge in [0, 0.05) is 0 Å². The molecule has 0 aliphatic carbocycles. The van der Waals surface area contributed by atoms with Gasteiger partial charge in [0.1, 0.15) is 5.75 Å². The van der Waals surface area contributed by atoms with Gasteiger partial charge < -0.3 is 20.1 Å². The molecule has 0 spiro atoms. The molecule has 0 fully saturated rings. The first-order valence-electron chi connectivity index (χ1n) is 5.48. The predicted octanol–water partition coefficient (Wildman–Crippen LogP) is 2.00.